The third kappa shape index (κ3) is 4.03. The smallest absolute Gasteiger partial charge is 0.338 e. The standard InChI is InChI=1S/C13H13FN4O3/c14-11-3-2-9(8-10(11)12(19)20)17-13(21)15-5-7-18-6-1-4-16-18/h1-4,6,8H,5,7H2,(H,19,20)(H2,15,17,21). The van der Waals surface area contributed by atoms with Crippen LogP contribution in [0, 0.1) is 5.82 Å². The van der Waals surface area contributed by atoms with Crippen LogP contribution in [0.1, 0.15) is 10.4 Å². The van der Waals surface area contributed by atoms with Crippen LogP contribution in [-0.2, 0) is 6.54 Å². The summed E-state index contributed by atoms with van der Waals surface area (Å²) in [6.07, 6.45) is 3.39. The number of urea groups is 1. The molecule has 0 saturated carbocycles. The third-order valence-corrected chi connectivity index (χ3v) is 2.64. The van der Waals surface area contributed by atoms with E-state index in [1.807, 2.05) is 0 Å². The summed E-state index contributed by atoms with van der Waals surface area (Å²) in [6, 6.07) is 4.60. The maximum Gasteiger partial charge on any atom is 0.338 e. The Hall–Kier alpha value is -2.90. The summed E-state index contributed by atoms with van der Waals surface area (Å²) in [5.74, 6) is -2.25. The van der Waals surface area contributed by atoms with Crippen molar-refractivity contribution < 1.29 is 19.1 Å². The van der Waals surface area contributed by atoms with E-state index in [0.29, 0.717) is 13.1 Å². The molecule has 8 heteroatoms. The lowest BCUT2D eigenvalue weighted by atomic mass is 10.2. The molecule has 7 nitrogen and oxygen atoms in total. The summed E-state index contributed by atoms with van der Waals surface area (Å²) < 4.78 is 14.9. The lowest BCUT2D eigenvalue weighted by molar-refractivity contribution is 0.0692. The highest BCUT2D eigenvalue weighted by atomic mass is 19.1. The van der Waals surface area contributed by atoms with Gasteiger partial charge in [0.05, 0.1) is 12.1 Å². The fourth-order valence-electron chi connectivity index (χ4n) is 1.66. The van der Waals surface area contributed by atoms with Gasteiger partial charge >= 0.3 is 12.0 Å². The number of carboxylic acids is 1. The van der Waals surface area contributed by atoms with Crippen molar-refractivity contribution in [1.29, 1.82) is 0 Å². The molecular formula is C13H13FN4O3. The molecule has 0 saturated heterocycles. The van der Waals surface area contributed by atoms with Crippen LogP contribution in [-0.4, -0.2) is 33.4 Å². The number of amides is 2. The number of nitrogens with one attached hydrogen (secondary N) is 2. The molecule has 0 aliphatic rings. The number of hydrogen-bond acceptors (Lipinski definition) is 3. The zero-order valence-corrected chi connectivity index (χ0v) is 10.9. The summed E-state index contributed by atoms with van der Waals surface area (Å²) in [5, 5.41) is 17.8. The largest absolute Gasteiger partial charge is 0.478 e. The molecule has 21 heavy (non-hydrogen) atoms. The highest BCUT2D eigenvalue weighted by molar-refractivity contribution is 5.93. The Balaban J connectivity index is 1.87. The van der Waals surface area contributed by atoms with Crippen LogP contribution >= 0.6 is 0 Å². The van der Waals surface area contributed by atoms with Gasteiger partial charge in [-0.3, -0.25) is 4.68 Å². The van der Waals surface area contributed by atoms with Gasteiger partial charge in [-0.25, -0.2) is 14.0 Å². The molecule has 1 aromatic carbocycles. The van der Waals surface area contributed by atoms with Crippen LogP contribution in [0.4, 0.5) is 14.9 Å². The van der Waals surface area contributed by atoms with Gasteiger partial charge in [0.2, 0.25) is 0 Å². The molecule has 3 N–H and O–H groups in total. The maximum atomic E-state index is 13.2. The predicted molar refractivity (Wildman–Crippen MR) is 72.6 cm³/mol. The summed E-state index contributed by atoms with van der Waals surface area (Å²) in [7, 11) is 0. The number of halogens is 1. The van der Waals surface area contributed by atoms with Crippen LogP contribution in [0.15, 0.2) is 36.7 Å². The molecule has 2 rings (SSSR count). The van der Waals surface area contributed by atoms with E-state index in [2.05, 4.69) is 15.7 Å². The van der Waals surface area contributed by atoms with Crippen LogP contribution < -0.4 is 10.6 Å². The average Bonchev–Trinajstić information content (AvgIpc) is 2.94. The van der Waals surface area contributed by atoms with E-state index in [9.17, 15) is 14.0 Å². The Morgan fingerprint density at radius 2 is 2.19 bits per heavy atom. The van der Waals surface area contributed by atoms with E-state index >= 15 is 0 Å². The lowest BCUT2D eigenvalue weighted by Gasteiger charge is -2.08. The molecule has 0 aliphatic carbocycles. The fraction of sp³-hybridized carbons (Fsp3) is 0.154. The van der Waals surface area contributed by atoms with Crippen molar-refractivity contribution in [2.75, 3.05) is 11.9 Å². The number of carboxylic acid groups (broad SMARTS) is 1. The number of carbonyl (C=O) groups is 2. The Morgan fingerprint density at radius 3 is 2.86 bits per heavy atom. The van der Waals surface area contributed by atoms with Crippen molar-refractivity contribution in [3.05, 3.63) is 48.0 Å². The average molecular weight is 292 g/mol. The number of carbonyl (C=O) groups excluding carboxylic acids is 1. The second-order valence-corrected chi connectivity index (χ2v) is 4.15. The highest BCUT2D eigenvalue weighted by Gasteiger charge is 2.11. The van der Waals surface area contributed by atoms with Gasteiger partial charge in [0.15, 0.2) is 0 Å². The number of benzene rings is 1. The Kier molecular flexibility index (Phi) is 4.50. The Bertz CT molecular complexity index is 643. The summed E-state index contributed by atoms with van der Waals surface area (Å²) >= 11 is 0. The molecule has 1 aromatic heterocycles. The van der Waals surface area contributed by atoms with Crippen molar-refractivity contribution in [2.45, 2.75) is 6.54 Å². The number of aromatic carboxylic acids is 1. The molecule has 0 unspecified atom stereocenters. The van der Waals surface area contributed by atoms with Crippen LogP contribution in [0.2, 0.25) is 0 Å². The molecule has 0 atom stereocenters. The Labute approximate surface area is 119 Å². The van der Waals surface area contributed by atoms with Crippen LogP contribution in [0.3, 0.4) is 0 Å². The SMILES string of the molecule is O=C(NCCn1cccn1)Nc1ccc(F)c(C(=O)O)c1. The first-order valence-electron chi connectivity index (χ1n) is 6.11. The topological polar surface area (TPSA) is 96.3 Å². The van der Waals surface area contributed by atoms with Gasteiger partial charge in [-0.2, -0.15) is 5.10 Å². The third-order valence-electron chi connectivity index (χ3n) is 2.64. The van der Waals surface area contributed by atoms with Gasteiger partial charge in [0.1, 0.15) is 5.82 Å². The summed E-state index contributed by atoms with van der Waals surface area (Å²) in [4.78, 5) is 22.4. The van der Waals surface area contributed by atoms with Crippen molar-refractivity contribution in [1.82, 2.24) is 15.1 Å². The van der Waals surface area contributed by atoms with E-state index < -0.39 is 23.4 Å². The second kappa shape index (κ2) is 6.51. The normalized spacial score (nSPS) is 10.1. The summed E-state index contributed by atoms with van der Waals surface area (Å²) in [6.45, 7) is 0.852. The van der Waals surface area contributed by atoms with Gasteiger partial charge in [-0.05, 0) is 24.3 Å². The number of hydrogen-bond donors (Lipinski definition) is 3. The molecule has 110 valence electrons. The first-order valence-corrected chi connectivity index (χ1v) is 6.11. The molecular weight excluding hydrogens is 279 g/mol. The van der Waals surface area contributed by atoms with Gasteiger partial charge in [-0.15, -0.1) is 0 Å². The van der Waals surface area contributed by atoms with Gasteiger partial charge in [0.25, 0.3) is 0 Å². The molecule has 1 heterocycles. The summed E-state index contributed by atoms with van der Waals surface area (Å²) in [5.41, 5.74) is -0.297. The van der Waals surface area contributed by atoms with E-state index in [1.54, 1.807) is 23.1 Å². The first-order chi connectivity index (χ1) is 10.1. The van der Waals surface area contributed by atoms with Crippen LogP contribution in [0.25, 0.3) is 0 Å². The first kappa shape index (κ1) is 14.5. The minimum absolute atomic E-state index is 0.199. The molecule has 0 radical (unpaired) electrons. The van der Waals surface area contributed by atoms with Gasteiger partial charge < -0.3 is 15.7 Å². The lowest BCUT2D eigenvalue weighted by Crippen LogP contribution is -2.31. The number of aromatic nitrogens is 2. The highest BCUT2D eigenvalue weighted by Crippen LogP contribution is 2.14. The van der Waals surface area contributed by atoms with Crippen molar-refractivity contribution in [2.24, 2.45) is 0 Å². The van der Waals surface area contributed by atoms with Gasteiger partial charge in [-0.1, -0.05) is 0 Å². The molecule has 2 amide bonds. The number of anilines is 1. The Morgan fingerprint density at radius 1 is 1.38 bits per heavy atom. The second-order valence-electron chi connectivity index (χ2n) is 4.15. The maximum absolute atomic E-state index is 13.2. The predicted octanol–water partition coefficient (Wildman–Crippen LogP) is 1.54. The monoisotopic (exact) mass is 292 g/mol. The van der Waals surface area contributed by atoms with Gasteiger partial charge in [0, 0.05) is 24.6 Å². The minimum atomic E-state index is -1.39. The minimum Gasteiger partial charge on any atom is -0.478 e. The quantitative estimate of drug-likeness (QED) is 0.779. The van der Waals surface area contributed by atoms with E-state index in [-0.39, 0.29) is 5.69 Å². The van der Waals surface area contributed by atoms with E-state index in [1.165, 1.54) is 6.07 Å². The molecule has 0 bridgehead atoms. The molecule has 2 aromatic rings. The molecule has 0 aliphatic heterocycles. The van der Waals surface area contributed by atoms with E-state index in [0.717, 1.165) is 12.1 Å². The zero-order valence-electron chi connectivity index (χ0n) is 10.9. The van der Waals surface area contributed by atoms with Crippen molar-refractivity contribution in [3.8, 4) is 0 Å². The van der Waals surface area contributed by atoms with Crippen molar-refractivity contribution in [3.63, 3.8) is 0 Å². The molecule has 0 fully saturated rings. The zero-order chi connectivity index (χ0) is 15.2. The van der Waals surface area contributed by atoms with Crippen LogP contribution in [0.5, 0.6) is 0 Å². The fourth-order valence-corrected chi connectivity index (χ4v) is 1.66. The van der Waals surface area contributed by atoms with Crippen molar-refractivity contribution >= 4 is 17.7 Å². The number of nitrogens with zero attached hydrogens (tertiary/aromatic N) is 2. The van der Waals surface area contributed by atoms with E-state index in [4.69, 9.17) is 5.11 Å². The number of rotatable bonds is 5. The molecule has 0 spiro atoms.